The van der Waals surface area contributed by atoms with Crippen LogP contribution in [-0.2, 0) is 7.05 Å². The van der Waals surface area contributed by atoms with Crippen LogP contribution in [0.15, 0.2) is 53.5 Å². The fourth-order valence-electron chi connectivity index (χ4n) is 2.78. The number of aryl methyl sites for hydroxylation is 1. The van der Waals surface area contributed by atoms with E-state index in [4.69, 9.17) is 0 Å². The molecule has 0 aliphatic rings. The Morgan fingerprint density at radius 3 is 2.42 bits per heavy atom. The minimum atomic E-state index is -0.221. The monoisotopic (exact) mass is 327 g/mol. The molecule has 0 aliphatic carbocycles. The van der Waals surface area contributed by atoms with Crippen LogP contribution in [0.5, 0.6) is 0 Å². The molecule has 0 bridgehead atoms. The average molecular weight is 327 g/mol. The highest BCUT2D eigenvalue weighted by molar-refractivity contribution is 5.94. The van der Waals surface area contributed by atoms with E-state index < -0.39 is 0 Å². The third-order valence-corrected chi connectivity index (χ3v) is 4.26. The highest BCUT2D eigenvalue weighted by Gasteiger charge is 2.19. The third-order valence-electron chi connectivity index (χ3n) is 4.26. The van der Waals surface area contributed by atoms with Crippen molar-refractivity contribution in [2.75, 3.05) is 19.6 Å². The van der Waals surface area contributed by atoms with Crippen LogP contribution in [0, 0.1) is 0 Å². The number of aromatic nitrogens is 1. The van der Waals surface area contributed by atoms with E-state index in [2.05, 4.69) is 36.2 Å². The third kappa shape index (κ3) is 4.32. The molecule has 5 nitrogen and oxygen atoms in total. The van der Waals surface area contributed by atoms with Crippen LogP contribution in [0.2, 0.25) is 0 Å². The predicted octanol–water partition coefficient (Wildman–Crippen LogP) is 2.20. The number of hydrogen-bond donors (Lipinski definition) is 1. The Morgan fingerprint density at radius 1 is 1.17 bits per heavy atom. The molecule has 1 amide bonds. The molecular weight excluding hydrogens is 302 g/mol. The topological polar surface area (TPSA) is 54.3 Å². The summed E-state index contributed by atoms with van der Waals surface area (Å²) in [4.78, 5) is 26.4. The fraction of sp³-hybridized carbons (Fsp3) is 0.368. The van der Waals surface area contributed by atoms with Crippen molar-refractivity contribution < 1.29 is 4.79 Å². The Labute approximate surface area is 142 Å². The Hall–Kier alpha value is -2.40. The Kier molecular flexibility index (Phi) is 6.32. The summed E-state index contributed by atoms with van der Waals surface area (Å²) < 4.78 is 1.44. The van der Waals surface area contributed by atoms with E-state index in [0.717, 1.165) is 13.1 Å². The summed E-state index contributed by atoms with van der Waals surface area (Å²) in [5, 5.41) is 2.96. The van der Waals surface area contributed by atoms with E-state index in [0.29, 0.717) is 12.1 Å². The van der Waals surface area contributed by atoms with E-state index in [9.17, 15) is 9.59 Å². The van der Waals surface area contributed by atoms with Crippen molar-refractivity contribution >= 4 is 5.91 Å². The van der Waals surface area contributed by atoms with Crippen LogP contribution in [0.25, 0.3) is 0 Å². The molecule has 2 aromatic rings. The summed E-state index contributed by atoms with van der Waals surface area (Å²) in [5.74, 6) is -0.221. The van der Waals surface area contributed by atoms with Crippen LogP contribution in [0.4, 0.5) is 0 Å². The number of carbonyl (C=O) groups excluding carboxylic acids is 1. The molecule has 0 radical (unpaired) electrons. The number of benzene rings is 1. The number of hydrogen-bond acceptors (Lipinski definition) is 3. The smallest absolute Gasteiger partial charge is 0.251 e. The van der Waals surface area contributed by atoms with Crippen molar-refractivity contribution in [1.82, 2.24) is 14.8 Å². The quantitative estimate of drug-likeness (QED) is 0.848. The van der Waals surface area contributed by atoms with Gasteiger partial charge < -0.3 is 9.88 Å². The van der Waals surface area contributed by atoms with E-state index in [-0.39, 0.29) is 17.5 Å². The zero-order valence-corrected chi connectivity index (χ0v) is 14.5. The zero-order valence-electron chi connectivity index (χ0n) is 14.5. The molecule has 2 rings (SSSR count). The number of carbonyl (C=O) groups is 1. The van der Waals surface area contributed by atoms with E-state index in [1.165, 1.54) is 16.2 Å². The van der Waals surface area contributed by atoms with Gasteiger partial charge >= 0.3 is 0 Å². The molecular formula is C19H25N3O2. The molecule has 0 saturated carbocycles. The lowest BCUT2D eigenvalue weighted by Crippen LogP contribution is -2.38. The lowest BCUT2D eigenvalue weighted by molar-refractivity contribution is 0.0934. The summed E-state index contributed by atoms with van der Waals surface area (Å²) in [6.07, 6.45) is 1.61. The highest BCUT2D eigenvalue weighted by atomic mass is 16.2. The van der Waals surface area contributed by atoms with Gasteiger partial charge in [-0.2, -0.15) is 0 Å². The van der Waals surface area contributed by atoms with Crippen molar-refractivity contribution in [3.05, 3.63) is 70.1 Å². The molecule has 1 aromatic heterocycles. The molecule has 128 valence electrons. The zero-order chi connectivity index (χ0) is 17.5. The highest BCUT2D eigenvalue weighted by Crippen LogP contribution is 2.19. The number of nitrogens with one attached hydrogen (secondary N) is 1. The van der Waals surface area contributed by atoms with Crippen molar-refractivity contribution in [1.29, 1.82) is 0 Å². The maximum Gasteiger partial charge on any atom is 0.251 e. The Morgan fingerprint density at radius 2 is 1.83 bits per heavy atom. The van der Waals surface area contributed by atoms with Crippen LogP contribution >= 0.6 is 0 Å². The minimum Gasteiger partial charge on any atom is -0.350 e. The van der Waals surface area contributed by atoms with Gasteiger partial charge in [0.1, 0.15) is 0 Å². The molecule has 24 heavy (non-hydrogen) atoms. The molecule has 1 N–H and O–H groups in total. The van der Waals surface area contributed by atoms with Gasteiger partial charge in [-0.1, -0.05) is 44.2 Å². The van der Waals surface area contributed by atoms with Gasteiger partial charge in [0, 0.05) is 31.4 Å². The average Bonchev–Trinajstić information content (AvgIpc) is 2.61. The van der Waals surface area contributed by atoms with Gasteiger partial charge in [0.05, 0.1) is 6.04 Å². The lowest BCUT2D eigenvalue weighted by Gasteiger charge is -2.30. The number of amides is 1. The van der Waals surface area contributed by atoms with Gasteiger partial charge in [0.15, 0.2) is 0 Å². The van der Waals surface area contributed by atoms with Crippen LogP contribution < -0.4 is 10.9 Å². The Balaban J connectivity index is 2.13. The molecule has 5 heteroatoms. The molecule has 1 atom stereocenters. The lowest BCUT2D eigenvalue weighted by atomic mass is 10.0. The first-order valence-electron chi connectivity index (χ1n) is 8.30. The van der Waals surface area contributed by atoms with Gasteiger partial charge in [0.25, 0.3) is 11.5 Å². The minimum absolute atomic E-state index is 0.108. The summed E-state index contributed by atoms with van der Waals surface area (Å²) >= 11 is 0. The second kappa shape index (κ2) is 8.45. The largest absolute Gasteiger partial charge is 0.350 e. The summed E-state index contributed by atoms with van der Waals surface area (Å²) in [5.41, 5.74) is 1.38. The predicted molar refractivity (Wildman–Crippen MR) is 96.1 cm³/mol. The number of rotatable bonds is 7. The number of nitrogens with zero attached hydrogens (tertiary/aromatic N) is 2. The summed E-state index contributed by atoms with van der Waals surface area (Å²) in [6, 6.07) is 13.3. The van der Waals surface area contributed by atoms with Crippen LogP contribution in [-0.4, -0.2) is 35.0 Å². The fourth-order valence-corrected chi connectivity index (χ4v) is 2.78. The number of likely N-dealkylation sites (N-methyl/N-ethyl adjacent to an activating group) is 1. The van der Waals surface area contributed by atoms with Gasteiger partial charge in [-0.25, -0.2) is 0 Å². The van der Waals surface area contributed by atoms with Crippen molar-refractivity contribution in [3.8, 4) is 0 Å². The van der Waals surface area contributed by atoms with Gasteiger partial charge in [-0.3, -0.25) is 14.5 Å². The second-order valence-electron chi connectivity index (χ2n) is 5.72. The van der Waals surface area contributed by atoms with Crippen molar-refractivity contribution in [2.24, 2.45) is 7.05 Å². The van der Waals surface area contributed by atoms with Crippen LogP contribution in [0.1, 0.15) is 35.8 Å². The summed E-state index contributed by atoms with van der Waals surface area (Å²) in [6.45, 7) is 6.53. The first kappa shape index (κ1) is 17.9. The van der Waals surface area contributed by atoms with E-state index in [1.807, 2.05) is 18.2 Å². The van der Waals surface area contributed by atoms with Crippen LogP contribution in [0.3, 0.4) is 0 Å². The maximum absolute atomic E-state index is 12.4. The van der Waals surface area contributed by atoms with Gasteiger partial charge in [-0.15, -0.1) is 0 Å². The van der Waals surface area contributed by atoms with E-state index in [1.54, 1.807) is 19.3 Å². The molecule has 0 spiro atoms. The SMILES string of the molecule is CCN(CC)C(CNC(=O)c1ccn(C)c(=O)c1)c1ccccc1. The van der Waals surface area contributed by atoms with Crippen molar-refractivity contribution in [2.45, 2.75) is 19.9 Å². The number of pyridine rings is 1. The van der Waals surface area contributed by atoms with Gasteiger partial charge in [-0.05, 0) is 24.7 Å². The maximum atomic E-state index is 12.4. The Bertz CT molecular complexity index is 721. The van der Waals surface area contributed by atoms with Gasteiger partial charge in [0.2, 0.25) is 0 Å². The van der Waals surface area contributed by atoms with E-state index >= 15 is 0 Å². The normalized spacial score (nSPS) is 12.2. The standard InChI is InChI=1S/C19H25N3O2/c1-4-22(5-2)17(15-9-7-6-8-10-15)14-20-19(24)16-11-12-21(3)18(23)13-16/h6-13,17H,4-5,14H2,1-3H3,(H,20,24). The molecule has 1 aromatic carbocycles. The van der Waals surface area contributed by atoms with Crippen molar-refractivity contribution in [3.63, 3.8) is 0 Å². The second-order valence-corrected chi connectivity index (χ2v) is 5.72. The molecule has 0 saturated heterocycles. The molecule has 1 heterocycles. The molecule has 1 unspecified atom stereocenters. The first-order valence-corrected chi connectivity index (χ1v) is 8.30. The molecule has 0 aliphatic heterocycles. The summed E-state index contributed by atoms with van der Waals surface area (Å²) in [7, 11) is 1.66. The first-order chi connectivity index (χ1) is 11.6. The molecule has 0 fully saturated rings.